The van der Waals surface area contributed by atoms with Crippen LogP contribution in [0.1, 0.15) is 64.0 Å². The van der Waals surface area contributed by atoms with Gasteiger partial charge >= 0.3 is 12.1 Å². The second-order valence-corrected chi connectivity index (χ2v) is 12.5. The molecule has 43 heavy (non-hydrogen) atoms. The summed E-state index contributed by atoms with van der Waals surface area (Å²) in [5.41, 5.74) is 3.09. The van der Waals surface area contributed by atoms with Gasteiger partial charge < -0.3 is 25.8 Å². The zero-order chi connectivity index (χ0) is 30.1. The maximum absolute atomic E-state index is 14.2. The number of pyridine rings is 1. The van der Waals surface area contributed by atoms with Gasteiger partial charge in [0.05, 0.1) is 0 Å². The summed E-state index contributed by atoms with van der Waals surface area (Å²) in [6.45, 7) is 8.40. The number of piperidine rings is 2. The topological polar surface area (TPSA) is 124 Å². The summed E-state index contributed by atoms with van der Waals surface area (Å²) in [6.07, 6.45) is 6.87. The first-order valence-corrected chi connectivity index (χ1v) is 15.6. The van der Waals surface area contributed by atoms with Gasteiger partial charge in [-0.25, -0.2) is 14.6 Å². The van der Waals surface area contributed by atoms with Crippen LogP contribution < -0.4 is 21.5 Å². The first kappa shape index (κ1) is 28.9. The highest BCUT2D eigenvalue weighted by Gasteiger charge is 2.30. The fourth-order valence-corrected chi connectivity index (χ4v) is 6.16. The molecule has 3 fully saturated rings. The summed E-state index contributed by atoms with van der Waals surface area (Å²) < 4.78 is 1.84. The van der Waals surface area contributed by atoms with Crippen molar-refractivity contribution < 1.29 is 9.59 Å². The summed E-state index contributed by atoms with van der Waals surface area (Å²) in [5, 5.41) is 10.3. The number of carbonyl (C=O) groups excluding carboxylic acids is 2. The van der Waals surface area contributed by atoms with E-state index >= 15 is 0 Å². The van der Waals surface area contributed by atoms with Gasteiger partial charge in [0, 0.05) is 67.5 Å². The number of fused-ring (bicyclic) bond motifs is 1. The highest BCUT2D eigenvalue weighted by atomic mass is 16.2. The van der Waals surface area contributed by atoms with Gasteiger partial charge in [-0.05, 0) is 76.5 Å². The molecule has 1 saturated carbocycles. The molecule has 0 bridgehead atoms. The van der Waals surface area contributed by atoms with Crippen molar-refractivity contribution in [3.8, 4) is 11.1 Å². The summed E-state index contributed by atoms with van der Waals surface area (Å²) in [7, 11) is 0. The molecule has 11 nitrogen and oxygen atoms in total. The fraction of sp³-hybridized carbons (Fsp3) is 0.531. The molecular weight excluding hydrogens is 544 g/mol. The highest BCUT2D eigenvalue weighted by Crippen LogP contribution is 2.29. The molecule has 2 aromatic heterocycles. The smallest absolute Gasteiger partial charge is 0.317 e. The van der Waals surface area contributed by atoms with Gasteiger partial charge in [-0.15, -0.1) is 0 Å². The van der Waals surface area contributed by atoms with E-state index in [-0.39, 0.29) is 35.7 Å². The summed E-state index contributed by atoms with van der Waals surface area (Å²) >= 11 is 0. The van der Waals surface area contributed by atoms with Crippen LogP contribution in [0.3, 0.4) is 0 Å². The van der Waals surface area contributed by atoms with Crippen LogP contribution in [0.5, 0.6) is 0 Å². The molecule has 3 N–H and O–H groups in total. The molecule has 2 aliphatic heterocycles. The van der Waals surface area contributed by atoms with Crippen LogP contribution in [0.4, 0.5) is 15.5 Å². The van der Waals surface area contributed by atoms with Gasteiger partial charge in [-0.3, -0.25) is 9.36 Å². The predicted octanol–water partition coefficient (Wildman–Crippen LogP) is 4.27. The van der Waals surface area contributed by atoms with Crippen LogP contribution in [-0.2, 0) is 0 Å². The van der Waals surface area contributed by atoms with Crippen molar-refractivity contribution in [2.45, 2.75) is 83.5 Å². The number of aromatic nitrogens is 3. The summed E-state index contributed by atoms with van der Waals surface area (Å²) in [4.78, 5) is 52.6. The van der Waals surface area contributed by atoms with E-state index < -0.39 is 0 Å². The standard InChI is InChI=1S/C32H42N8O3/c1-20(2)34-31(42)39-16-12-25(13-17-39)40-28-22(18-27(29(40)41)26-7-5-4-6-21(26)3)19-33-30(37-28)35-24-10-14-38(15-11-24)32(43)36-23-8-9-23/h4-7,18-20,23-25H,8-17H2,1-3H3,(H,34,42)(H,36,43)(H,33,35,37). The number of rotatable bonds is 6. The van der Waals surface area contributed by atoms with Crippen LogP contribution in [0.2, 0.25) is 0 Å². The molecule has 0 unspecified atom stereocenters. The average Bonchev–Trinajstić information content (AvgIpc) is 3.81. The maximum atomic E-state index is 14.2. The van der Waals surface area contributed by atoms with E-state index in [1.54, 1.807) is 6.20 Å². The Bertz CT molecular complexity index is 1550. The molecule has 6 rings (SSSR count). The van der Waals surface area contributed by atoms with Crippen molar-refractivity contribution in [2.24, 2.45) is 0 Å². The second-order valence-electron chi connectivity index (χ2n) is 12.5. The van der Waals surface area contributed by atoms with Crippen LogP contribution in [0.25, 0.3) is 22.2 Å². The number of anilines is 1. The Morgan fingerprint density at radius 1 is 0.884 bits per heavy atom. The average molecular weight is 587 g/mol. The monoisotopic (exact) mass is 586 g/mol. The number of nitrogens with zero attached hydrogens (tertiary/aromatic N) is 5. The van der Waals surface area contributed by atoms with E-state index in [1.807, 2.05) is 65.5 Å². The van der Waals surface area contributed by atoms with E-state index in [4.69, 9.17) is 4.98 Å². The Morgan fingerprint density at radius 2 is 1.56 bits per heavy atom. The number of aryl methyl sites for hydroxylation is 1. The quantitative estimate of drug-likeness (QED) is 0.396. The molecule has 0 radical (unpaired) electrons. The van der Waals surface area contributed by atoms with Crippen LogP contribution >= 0.6 is 0 Å². The molecule has 4 amide bonds. The first-order valence-electron chi connectivity index (χ1n) is 15.6. The number of urea groups is 2. The first-order chi connectivity index (χ1) is 20.8. The van der Waals surface area contributed by atoms with E-state index in [2.05, 4.69) is 20.9 Å². The summed E-state index contributed by atoms with van der Waals surface area (Å²) in [6, 6.07) is 10.2. The minimum absolute atomic E-state index is 0.0316. The van der Waals surface area contributed by atoms with Gasteiger partial charge in [0.1, 0.15) is 5.65 Å². The SMILES string of the molecule is Cc1ccccc1-c1cc2cnc(NC3CCN(C(=O)NC4CC4)CC3)nc2n(C2CCN(C(=O)NC(C)C)CC2)c1=O. The van der Waals surface area contributed by atoms with Gasteiger partial charge in [-0.1, -0.05) is 24.3 Å². The summed E-state index contributed by atoms with van der Waals surface area (Å²) in [5.74, 6) is 0.485. The van der Waals surface area contributed by atoms with Gasteiger partial charge in [0.2, 0.25) is 5.95 Å². The number of hydrogen-bond donors (Lipinski definition) is 3. The maximum Gasteiger partial charge on any atom is 0.317 e. The predicted molar refractivity (Wildman–Crippen MR) is 167 cm³/mol. The van der Waals surface area contributed by atoms with Crippen LogP contribution in [0.15, 0.2) is 41.3 Å². The highest BCUT2D eigenvalue weighted by molar-refractivity contribution is 5.82. The molecule has 228 valence electrons. The van der Waals surface area contributed by atoms with E-state index in [9.17, 15) is 14.4 Å². The number of hydrogen-bond acceptors (Lipinski definition) is 6. The Hall–Kier alpha value is -4.15. The molecule has 11 heteroatoms. The van der Waals surface area contributed by atoms with Gasteiger partial charge in [-0.2, -0.15) is 4.98 Å². The molecular formula is C32H42N8O3. The third-order valence-electron chi connectivity index (χ3n) is 8.76. The largest absolute Gasteiger partial charge is 0.351 e. The third kappa shape index (κ3) is 6.45. The third-order valence-corrected chi connectivity index (χ3v) is 8.76. The Morgan fingerprint density at radius 3 is 2.23 bits per heavy atom. The van der Waals surface area contributed by atoms with Crippen molar-refractivity contribution in [1.29, 1.82) is 0 Å². The van der Waals surface area contributed by atoms with Crippen molar-refractivity contribution in [2.75, 3.05) is 31.5 Å². The lowest BCUT2D eigenvalue weighted by atomic mass is 9.99. The van der Waals surface area contributed by atoms with Crippen LogP contribution in [-0.4, -0.2) is 80.7 Å². The van der Waals surface area contributed by atoms with Gasteiger partial charge in [0.15, 0.2) is 0 Å². The fourth-order valence-electron chi connectivity index (χ4n) is 6.16. The van der Waals surface area contributed by atoms with Gasteiger partial charge in [0.25, 0.3) is 5.56 Å². The second kappa shape index (κ2) is 12.2. The number of benzene rings is 1. The molecule has 3 aliphatic rings. The lowest BCUT2D eigenvalue weighted by molar-refractivity contribution is 0.169. The Labute approximate surface area is 252 Å². The van der Waals surface area contributed by atoms with Crippen molar-refractivity contribution in [3.05, 3.63) is 52.4 Å². The molecule has 2 saturated heterocycles. The number of nitrogens with one attached hydrogen (secondary N) is 3. The lowest BCUT2D eigenvalue weighted by Gasteiger charge is -2.34. The van der Waals surface area contributed by atoms with Crippen molar-refractivity contribution >= 4 is 29.0 Å². The molecule has 0 atom stereocenters. The molecule has 1 aromatic carbocycles. The van der Waals surface area contributed by atoms with Crippen molar-refractivity contribution in [3.63, 3.8) is 0 Å². The minimum Gasteiger partial charge on any atom is -0.351 e. The molecule has 4 heterocycles. The van der Waals surface area contributed by atoms with Crippen molar-refractivity contribution in [1.82, 2.24) is 35.0 Å². The zero-order valence-corrected chi connectivity index (χ0v) is 25.3. The minimum atomic E-state index is -0.0990. The Balaban J connectivity index is 1.26. The number of likely N-dealkylation sites (tertiary alicyclic amines) is 2. The van der Waals surface area contributed by atoms with E-state index in [1.165, 1.54) is 0 Å². The Kier molecular flexibility index (Phi) is 8.23. The number of amides is 4. The lowest BCUT2D eigenvalue weighted by Crippen LogP contribution is -2.47. The normalized spacial score (nSPS) is 18.2. The number of carbonyl (C=O) groups is 2. The molecule has 3 aromatic rings. The molecule has 1 aliphatic carbocycles. The van der Waals surface area contributed by atoms with E-state index in [0.717, 1.165) is 42.2 Å². The van der Waals surface area contributed by atoms with Crippen LogP contribution in [0, 0.1) is 6.92 Å². The van der Waals surface area contributed by atoms with E-state index in [0.29, 0.717) is 62.2 Å². The zero-order valence-electron chi connectivity index (χ0n) is 25.3. The molecule has 0 spiro atoms.